The lowest BCUT2D eigenvalue weighted by molar-refractivity contribution is 0.347. The lowest BCUT2D eigenvalue weighted by Gasteiger charge is -2.23. The molecule has 0 saturated heterocycles. The highest BCUT2D eigenvalue weighted by molar-refractivity contribution is 5.60. The highest BCUT2D eigenvalue weighted by Gasteiger charge is 2.25. The van der Waals surface area contributed by atoms with Crippen LogP contribution in [0.5, 0.6) is 34.5 Å². The predicted octanol–water partition coefficient (Wildman–Crippen LogP) is 14.8. The molecular formula is C66H72O6. The van der Waals surface area contributed by atoms with Gasteiger partial charge in [-0.3, -0.25) is 0 Å². The van der Waals surface area contributed by atoms with Gasteiger partial charge < -0.3 is 28.4 Å². The van der Waals surface area contributed by atoms with E-state index in [1.807, 2.05) is 0 Å². The molecule has 12 bridgehead atoms. The first-order valence-electron chi connectivity index (χ1n) is 25.0. The van der Waals surface area contributed by atoms with Gasteiger partial charge in [-0.1, -0.05) is 182 Å². The van der Waals surface area contributed by atoms with Crippen molar-refractivity contribution in [2.45, 2.75) is 80.1 Å². The molecule has 0 spiro atoms. The third-order valence-corrected chi connectivity index (χ3v) is 12.7. The Balaban J connectivity index is 1.56. The van der Waals surface area contributed by atoms with Crippen LogP contribution in [0, 0.1) is 41.5 Å². The summed E-state index contributed by atoms with van der Waals surface area (Å²) < 4.78 is 40.4. The van der Waals surface area contributed by atoms with E-state index < -0.39 is 0 Å². The summed E-state index contributed by atoms with van der Waals surface area (Å²) in [6, 6.07) is 26.8. The molecule has 6 nitrogen and oxygen atoms in total. The maximum Gasteiger partial charge on any atom is 0.126 e. The lowest BCUT2D eigenvalue weighted by Crippen LogP contribution is -2.10. The first-order valence-corrected chi connectivity index (χ1v) is 25.0. The molecule has 0 fully saturated rings. The van der Waals surface area contributed by atoms with Gasteiger partial charge in [0.2, 0.25) is 0 Å². The largest absolute Gasteiger partial charge is 0.489 e. The minimum atomic E-state index is 0.345. The third-order valence-electron chi connectivity index (χ3n) is 12.7. The van der Waals surface area contributed by atoms with Crippen LogP contribution in [0.15, 0.2) is 149 Å². The fourth-order valence-corrected chi connectivity index (χ4v) is 10.3. The molecule has 1 aliphatic rings. The molecule has 72 heavy (non-hydrogen) atoms. The summed E-state index contributed by atoms with van der Waals surface area (Å²) in [5, 5.41) is 0. The Hall–Kier alpha value is -7.44. The van der Waals surface area contributed by atoms with Gasteiger partial charge in [0.1, 0.15) is 74.1 Å². The van der Waals surface area contributed by atoms with Crippen LogP contribution in [0.25, 0.3) is 0 Å². The second-order valence-corrected chi connectivity index (χ2v) is 19.1. The molecule has 0 heterocycles. The van der Waals surface area contributed by atoms with E-state index in [2.05, 4.69) is 154 Å². The van der Waals surface area contributed by atoms with E-state index in [1.54, 1.807) is 36.5 Å². The molecule has 0 atom stereocenters. The fraction of sp³-hybridized carbons (Fsp3) is 0.273. The average molecular weight is 961 g/mol. The molecule has 7 rings (SSSR count). The Morgan fingerprint density at radius 3 is 0.458 bits per heavy atom. The third kappa shape index (κ3) is 12.7. The highest BCUT2D eigenvalue weighted by Crippen LogP contribution is 2.42. The lowest BCUT2D eigenvalue weighted by atomic mass is 9.88. The van der Waals surface area contributed by atoms with Crippen LogP contribution in [0.1, 0.15) is 100 Å². The van der Waals surface area contributed by atoms with Crippen molar-refractivity contribution < 1.29 is 28.4 Å². The van der Waals surface area contributed by atoms with E-state index in [9.17, 15) is 0 Å². The van der Waals surface area contributed by atoms with Gasteiger partial charge in [-0.2, -0.15) is 0 Å². The number of benzene rings is 6. The van der Waals surface area contributed by atoms with Crippen molar-refractivity contribution in [2.75, 3.05) is 39.6 Å². The zero-order valence-corrected chi connectivity index (χ0v) is 43.6. The van der Waals surface area contributed by atoms with Crippen LogP contribution < -0.4 is 28.4 Å². The van der Waals surface area contributed by atoms with Gasteiger partial charge in [0, 0.05) is 38.5 Å². The summed E-state index contributed by atoms with van der Waals surface area (Å²) in [7, 11) is 0. The van der Waals surface area contributed by atoms with Gasteiger partial charge in [0.05, 0.1) is 0 Å². The highest BCUT2D eigenvalue weighted by atomic mass is 16.5. The predicted molar refractivity (Wildman–Crippen MR) is 298 cm³/mol. The molecule has 372 valence electrons. The van der Waals surface area contributed by atoms with E-state index >= 15 is 0 Å². The van der Waals surface area contributed by atoms with Crippen molar-refractivity contribution in [3.05, 3.63) is 249 Å². The van der Waals surface area contributed by atoms with Crippen molar-refractivity contribution in [3.8, 4) is 34.5 Å². The standard InChI is InChI=1S/C66H72O6/c1-13-19-67-61-49-25-43(7)26-50(61)38-52-28-45(9)30-54(63(52)69-21-15-3)40-56-32-47(11)34-58(65(56)71-23-17-5)42-60-36-48(12)35-59(66(60)72-24-18-6)41-57-33-46(10)31-55(64(57)70-22-16-4)39-53-29-44(8)27-51(37-49)62(53)68-20-14-2/h13-18,25-36H,1-6,19-24,37-42H2,7-12H3. The fourth-order valence-electron chi connectivity index (χ4n) is 10.3. The summed E-state index contributed by atoms with van der Waals surface area (Å²) >= 11 is 0. The van der Waals surface area contributed by atoms with Gasteiger partial charge in [-0.05, 0) is 108 Å². The first kappa shape index (κ1) is 52.4. The molecule has 0 aliphatic heterocycles. The number of hydrogen-bond donors (Lipinski definition) is 0. The van der Waals surface area contributed by atoms with Crippen molar-refractivity contribution in [3.63, 3.8) is 0 Å². The van der Waals surface area contributed by atoms with E-state index in [4.69, 9.17) is 28.4 Å². The number of ether oxygens (including phenoxy) is 6. The molecule has 6 aromatic carbocycles. The molecule has 0 unspecified atom stereocenters. The minimum absolute atomic E-state index is 0.345. The van der Waals surface area contributed by atoms with Crippen LogP contribution in [-0.2, 0) is 38.5 Å². The number of rotatable bonds is 18. The summed E-state index contributed by atoms with van der Waals surface area (Å²) in [4.78, 5) is 0. The van der Waals surface area contributed by atoms with E-state index in [1.165, 1.54) is 0 Å². The average Bonchev–Trinajstić information content (AvgIpc) is 3.32. The van der Waals surface area contributed by atoms with E-state index in [0.717, 1.165) is 135 Å². The maximum atomic E-state index is 6.73. The van der Waals surface area contributed by atoms with Gasteiger partial charge in [-0.25, -0.2) is 0 Å². The van der Waals surface area contributed by atoms with E-state index in [0.29, 0.717) is 78.2 Å². The first-order chi connectivity index (χ1) is 34.9. The topological polar surface area (TPSA) is 55.4 Å². The van der Waals surface area contributed by atoms with Crippen molar-refractivity contribution >= 4 is 0 Å². The Morgan fingerprint density at radius 2 is 0.361 bits per heavy atom. The molecule has 0 amide bonds. The molecule has 0 saturated carbocycles. The van der Waals surface area contributed by atoms with E-state index in [-0.39, 0.29) is 0 Å². The summed E-state index contributed by atoms with van der Waals surface area (Å²) in [6.07, 6.45) is 14.2. The van der Waals surface area contributed by atoms with Crippen molar-refractivity contribution in [2.24, 2.45) is 0 Å². The van der Waals surface area contributed by atoms with Gasteiger partial charge in [0.25, 0.3) is 0 Å². The second kappa shape index (κ2) is 24.6. The zero-order valence-electron chi connectivity index (χ0n) is 43.6. The Kier molecular flexibility index (Phi) is 17.9. The van der Waals surface area contributed by atoms with Gasteiger partial charge in [0.15, 0.2) is 0 Å². The SMILES string of the molecule is C=CCOc1c2cc(C)cc1Cc1cc(C)cc(c1OCC=C)Cc1cc(C)cc(c1OCC=C)Cc1cc(C)cc(c1OCC=C)Cc1cc(C)cc(c1OCC=C)Cc1cc(C)cc(c1OCC=C)C2. The quantitative estimate of drug-likeness (QED) is 0.0799. The van der Waals surface area contributed by atoms with Gasteiger partial charge in [-0.15, -0.1) is 0 Å². The summed E-state index contributed by atoms with van der Waals surface area (Å²) in [5.41, 5.74) is 19.4. The van der Waals surface area contributed by atoms with Crippen molar-refractivity contribution in [1.29, 1.82) is 0 Å². The Bertz CT molecular complexity index is 2340. The summed E-state index contributed by atoms with van der Waals surface area (Å²) in [6.45, 7) is 39.2. The van der Waals surface area contributed by atoms with Crippen LogP contribution in [-0.4, -0.2) is 39.6 Å². The molecule has 0 N–H and O–H groups in total. The molecule has 6 aromatic rings. The van der Waals surface area contributed by atoms with Crippen molar-refractivity contribution in [1.82, 2.24) is 0 Å². The van der Waals surface area contributed by atoms with Crippen LogP contribution in [0.2, 0.25) is 0 Å². The Labute approximate surface area is 429 Å². The van der Waals surface area contributed by atoms with Crippen LogP contribution in [0.3, 0.4) is 0 Å². The number of aryl methyl sites for hydroxylation is 6. The molecule has 6 heteroatoms. The zero-order chi connectivity index (χ0) is 51.3. The number of fused-ring (bicyclic) bond motifs is 12. The van der Waals surface area contributed by atoms with Crippen LogP contribution in [0.4, 0.5) is 0 Å². The maximum absolute atomic E-state index is 6.73. The smallest absolute Gasteiger partial charge is 0.126 e. The molecule has 0 radical (unpaired) electrons. The number of hydrogen-bond acceptors (Lipinski definition) is 6. The minimum Gasteiger partial charge on any atom is -0.489 e. The monoisotopic (exact) mass is 961 g/mol. The molecular weight excluding hydrogens is 889 g/mol. The normalized spacial score (nSPS) is 12.1. The second-order valence-electron chi connectivity index (χ2n) is 19.1. The van der Waals surface area contributed by atoms with Gasteiger partial charge >= 0.3 is 0 Å². The molecule has 0 aromatic heterocycles. The molecule has 1 aliphatic carbocycles. The summed E-state index contributed by atoms with van der Waals surface area (Å²) in [5.74, 6) is 4.96. The Morgan fingerprint density at radius 1 is 0.250 bits per heavy atom. The van der Waals surface area contributed by atoms with Crippen LogP contribution >= 0.6 is 0 Å².